The lowest BCUT2D eigenvalue weighted by molar-refractivity contribution is 0.0521. The van der Waals surface area contributed by atoms with Gasteiger partial charge in [-0.3, -0.25) is 4.90 Å². The van der Waals surface area contributed by atoms with E-state index < -0.39 is 0 Å². The molecule has 3 nitrogen and oxygen atoms in total. The number of nitrogens with one attached hydrogen (secondary N) is 1. The lowest BCUT2D eigenvalue weighted by Gasteiger charge is -2.43. The fraction of sp³-hybridized carbons (Fsp3) is 0.611. The van der Waals surface area contributed by atoms with Gasteiger partial charge in [-0.25, -0.2) is 0 Å². The molecule has 0 aromatic heterocycles. The predicted molar refractivity (Wildman–Crippen MR) is 85.0 cm³/mol. The molecule has 21 heavy (non-hydrogen) atoms. The van der Waals surface area contributed by atoms with Gasteiger partial charge in [0.05, 0.1) is 12.5 Å². The number of likely N-dealkylation sites (tertiary alicyclic amines) is 1. The van der Waals surface area contributed by atoms with E-state index in [4.69, 9.17) is 5.26 Å². The Morgan fingerprint density at radius 1 is 1.33 bits per heavy atom. The lowest BCUT2D eigenvalue weighted by Crippen LogP contribution is -2.55. The molecule has 0 amide bonds. The third kappa shape index (κ3) is 3.45. The van der Waals surface area contributed by atoms with Crippen molar-refractivity contribution in [2.75, 3.05) is 19.6 Å². The molecule has 1 heterocycles. The molecule has 1 aliphatic heterocycles. The molecule has 1 unspecified atom stereocenters. The SMILES string of the molecule is CC[C@H](CC#N)N1CC(CNC2C[C@H]2c2ccccc2)C1. The first kappa shape index (κ1) is 14.6. The van der Waals surface area contributed by atoms with Crippen LogP contribution in [0.25, 0.3) is 0 Å². The number of rotatable bonds is 7. The van der Waals surface area contributed by atoms with E-state index in [0.29, 0.717) is 18.5 Å². The topological polar surface area (TPSA) is 39.1 Å². The molecule has 0 bridgehead atoms. The van der Waals surface area contributed by atoms with Gasteiger partial charge in [0.2, 0.25) is 0 Å². The van der Waals surface area contributed by atoms with Crippen LogP contribution in [0.5, 0.6) is 0 Å². The van der Waals surface area contributed by atoms with Crippen LogP contribution in [0.15, 0.2) is 30.3 Å². The standard InChI is InChI=1S/C18H25N3/c1-2-16(8-9-19)21-12-14(13-21)11-20-18-10-17(18)15-6-4-3-5-7-15/h3-7,14,16-18,20H,2,8,10-13H2,1H3/t16-,17+,18?/m1/s1. The van der Waals surface area contributed by atoms with Crippen LogP contribution in [0.4, 0.5) is 0 Å². The molecule has 3 atom stereocenters. The van der Waals surface area contributed by atoms with Crippen LogP contribution in [0.2, 0.25) is 0 Å². The van der Waals surface area contributed by atoms with Crippen molar-refractivity contribution in [2.45, 2.75) is 44.2 Å². The number of hydrogen-bond acceptors (Lipinski definition) is 3. The molecule has 1 aromatic rings. The Morgan fingerprint density at radius 3 is 2.76 bits per heavy atom. The van der Waals surface area contributed by atoms with Gasteiger partial charge >= 0.3 is 0 Å². The number of nitriles is 1. The van der Waals surface area contributed by atoms with E-state index >= 15 is 0 Å². The Bertz CT molecular complexity index is 487. The van der Waals surface area contributed by atoms with Crippen LogP contribution < -0.4 is 5.32 Å². The van der Waals surface area contributed by atoms with Crippen molar-refractivity contribution in [1.82, 2.24) is 10.2 Å². The minimum absolute atomic E-state index is 0.476. The van der Waals surface area contributed by atoms with Crippen molar-refractivity contribution in [2.24, 2.45) is 5.92 Å². The average Bonchev–Trinajstić information content (AvgIpc) is 3.25. The van der Waals surface area contributed by atoms with Crippen molar-refractivity contribution in [3.05, 3.63) is 35.9 Å². The maximum atomic E-state index is 8.83. The third-order valence-electron chi connectivity index (χ3n) is 4.99. The molecule has 1 saturated heterocycles. The maximum absolute atomic E-state index is 8.83. The largest absolute Gasteiger partial charge is 0.313 e. The zero-order valence-corrected chi connectivity index (χ0v) is 12.8. The summed E-state index contributed by atoms with van der Waals surface area (Å²) in [7, 11) is 0. The van der Waals surface area contributed by atoms with E-state index in [1.165, 1.54) is 12.0 Å². The van der Waals surface area contributed by atoms with E-state index in [0.717, 1.165) is 37.9 Å². The van der Waals surface area contributed by atoms with Gasteiger partial charge in [0.1, 0.15) is 0 Å². The van der Waals surface area contributed by atoms with E-state index in [9.17, 15) is 0 Å². The molecule has 3 heteroatoms. The van der Waals surface area contributed by atoms with E-state index in [1.807, 2.05) is 0 Å². The zero-order chi connectivity index (χ0) is 14.7. The maximum Gasteiger partial charge on any atom is 0.0638 e. The second-order valence-corrected chi connectivity index (χ2v) is 6.51. The highest BCUT2D eigenvalue weighted by Crippen LogP contribution is 2.40. The monoisotopic (exact) mass is 283 g/mol. The Hall–Kier alpha value is -1.37. The van der Waals surface area contributed by atoms with E-state index in [-0.39, 0.29) is 0 Å². The minimum atomic E-state index is 0.476. The van der Waals surface area contributed by atoms with Crippen LogP contribution in [0.1, 0.15) is 37.7 Å². The molecule has 2 aliphatic rings. The lowest BCUT2D eigenvalue weighted by atomic mass is 9.95. The van der Waals surface area contributed by atoms with Crippen molar-refractivity contribution in [1.29, 1.82) is 5.26 Å². The molecule has 1 N–H and O–H groups in total. The summed E-state index contributed by atoms with van der Waals surface area (Å²) in [6, 6.07) is 14.3. The van der Waals surface area contributed by atoms with Gasteiger partial charge in [-0.2, -0.15) is 5.26 Å². The van der Waals surface area contributed by atoms with Crippen LogP contribution in [-0.4, -0.2) is 36.6 Å². The van der Waals surface area contributed by atoms with Gasteiger partial charge in [0, 0.05) is 37.6 Å². The molecule has 3 rings (SSSR count). The van der Waals surface area contributed by atoms with Gasteiger partial charge in [-0.15, -0.1) is 0 Å². The normalized spacial score (nSPS) is 26.9. The summed E-state index contributed by atoms with van der Waals surface area (Å²) in [5, 5.41) is 12.6. The Kier molecular flexibility index (Phi) is 4.57. The predicted octanol–water partition coefficient (Wildman–Crippen LogP) is 2.76. The summed E-state index contributed by atoms with van der Waals surface area (Å²) in [6.45, 7) is 5.64. The Labute approximate surface area is 128 Å². The van der Waals surface area contributed by atoms with Crippen molar-refractivity contribution < 1.29 is 0 Å². The van der Waals surface area contributed by atoms with Crippen molar-refractivity contribution in [3.63, 3.8) is 0 Å². The van der Waals surface area contributed by atoms with Crippen molar-refractivity contribution in [3.8, 4) is 6.07 Å². The van der Waals surface area contributed by atoms with Gasteiger partial charge in [-0.1, -0.05) is 37.3 Å². The first-order valence-corrected chi connectivity index (χ1v) is 8.21. The number of benzene rings is 1. The summed E-state index contributed by atoms with van der Waals surface area (Å²) >= 11 is 0. The molecule has 2 fully saturated rings. The number of nitrogens with zero attached hydrogens (tertiary/aromatic N) is 2. The fourth-order valence-corrected chi connectivity index (χ4v) is 3.48. The highest BCUT2D eigenvalue weighted by molar-refractivity contribution is 5.27. The minimum Gasteiger partial charge on any atom is -0.313 e. The fourth-order valence-electron chi connectivity index (χ4n) is 3.48. The first-order chi connectivity index (χ1) is 10.3. The average molecular weight is 283 g/mol. The van der Waals surface area contributed by atoms with Gasteiger partial charge in [0.25, 0.3) is 0 Å². The molecule has 1 aromatic carbocycles. The van der Waals surface area contributed by atoms with Gasteiger partial charge in [0.15, 0.2) is 0 Å². The Morgan fingerprint density at radius 2 is 2.10 bits per heavy atom. The van der Waals surface area contributed by atoms with Gasteiger partial charge < -0.3 is 5.32 Å². The quantitative estimate of drug-likeness (QED) is 0.836. The second-order valence-electron chi connectivity index (χ2n) is 6.51. The van der Waals surface area contributed by atoms with E-state index in [1.54, 1.807) is 0 Å². The highest BCUT2D eigenvalue weighted by atomic mass is 15.2. The zero-order valence-electron chi connectivity index (χ0n) is 12.8. The van der Waals surface area contributed by atoms with Crippen LogP contribution in [0, 0.1) is 17.2 Å². The molecule has 1 aliphatic carbocycles. The number of hydrogen-bond donors (Lipinski definition) is 1. The van der Waals surface area contributed by atoms with E-state index in [2.05, 4.69) is 53.5 Å². The van der Waals surface area contributed by atoms with Crippen molar-refractivity contribution >= 4 is 0 Å². The van der Waals surface area contributed by atoms with Gasteiger partial charge in [-0.05, 0) is 24.3 Å². The molecular formula is C18H25N3. The summed E-state index contributed by atoms with van der Waals surface area (Å²) < 4.78 is 0. The summed E-state index contributed by atoms with van der Waals surface area (Å²) in [5.74, 6) is 1.50. The van der Waals surface area contributed by atoms with Crippen LogP contribution >= 0.6 is 0 Å². The third-order valence-corrected chi connectivity index (χ3v) is 4.99. The van der Waals surface area contributed by atoms with Crippen LogP contribution in [-0.2, 0) is 0 Å². The van der Waals surface area contributed by atoms with Crippen LogP contribution in [0.3, 0.4) is 0 Å². The molecular weight excluding hydrogens is 258 g/mol. The summed E-state index contributed by atoms with van der Waals surface area (Å²) in [5.41, 5.74) is 1.48. The molecule has 0 radical (unpaired) electrons. The molecule has 1 saturated carbocycles. The Balaban J connectivity index is 1.35. The highest BCUT2D eigenvalue weighted by Gasteiger charge is 2.39. The molecule has 0 spiro atoms. The first-order valence-electron chi connectivity index (χ1n) is 8.21. The summed E-state index contributed by atoms with van der Waals surface area (Å²) in [6.07, 6.45) is 3.05. The molecule has 112 valence electrons. The summed E-state index contributed by atoms with van der Waals surface area (Å²) in [4.78, 5) is 2.47. The second kappa shape index (κ2) is 6.60. The smallest absolute Gasteiger partial charge is 0.0638 e.